The quantitative estimate of drug-likeness (QED) is 0.822. The highest BCUT2D eigenvalue weighted by molar-refractivity contribution is 5.36. The van der Waals surface area contributed by atoms with E-state index in [4.69, 9.17) is 5.11 Å². The summed E-state index contributed by atoms with van der Waals surface area (Å²) in [6.45, 7) is 11.3. The number of hydrogen-bond acceptors (Lipinski definition) is 1. The van der Waals surface area contributed by atoms with Crippen molar-refractivity contribution in [2.45, 2.75) is 52.4 Å². The fourth-order valence-electron chi connectivity index (χ4n) is 1.99. The van der Waals surface area contributed by atoms with Gasteiger partial charge in [0.1, 0.15) is 0 Å². The second-order valence-corrected chi connectivity index (χ2v) is 5.73. The monoisotopic (exact) mass is 220 g/mol. The molecule has 16 heavy (non-hydrogen) atoms. The van der Waals surface area contributed by atoms with Gasteiger partial charge in [-0.05, 0) is 41.4 Å². The highest BCUT2D eigenvalue weighted by Crippen LogP contribution is 2.29. The Labute approximate surface area is 99.5 Å². The van der Waals surface area contributed by atoms with Crippen molar-refractivity contribution in [2.75, 3.05) is 6.61 Å². The predicted molar refractivity (Wildman–Crippen MR) is 70.0 cm³/mol. The SMILES string of the molecule is Cc1ccc(C(C)(C)C)cc1C(C)CCO. The van der Waals surface area contributed by atoms with Crippen LogP contribution in [0.4, 0.5) is 0 Å². The molecule has 0 radical (unpaired) electrons. The van der Waals surface area contributed by atoms with Crippen LogP contribution in [0, 0.1) is 6.92 Å². The van der Waals surface area contributed by atoms with Gasteiger partial charge in [-0.15, -0.1) is 0 Å². The molecule has 1 N–H and O–H groups in total. The molecule has 0 aromatic heterocycles. The van der Waals surface area contributed by atoms with Gasteiger partial charge < -0.3 is 5.11 Å². The molecule has 0 fully saturated rings. The minimum atomic E-state index is 0.196. The Balaban J connectivity index is 3.09. The number of hydrogen-bond donors (Lipinski definition) is 1. The molecule has 0 amide bonds. The second kappa shape index (κ2) is 5.01. The van der Waals surface area contributed by atoms with Gasteiger partial charge in [0.2, 0.25) is 0 Å². The number of benzene rings is 1. The van der Waals surface area contributed by atoms with E-state index in [1.165, 1.54) is 16.7 Å². The Morgan fingerprint density at radius 2 is 1.88 bits per heavy atom. The number of aliphatic hydroxyl groups excluding tert-OH is 1. The first kappa shape index (κ1) is 13.2. The fraction of sp³-hybridized carbons (Fsp3) is 0.600. The molecule has 1 atom stereocenters. The van der Waals surface area contributed by atoms with Crippen LogP contribution >= 0.6 is 0 Å². The Kier molecular flexibility index (Phi) is 4.15. The Hall–Kier alpha value is -0.820. The lowest BCUT2D eigenvalue weighted by Gasteiger charge is -2.22. The van der Waals surface area contributed by atoms with E-state index in [-0.39, 0.29) is 12.0 Å². The van der Waals surface area contributed by atoms with Gasteiger partial charge in [0.25, 0.3) is 0 Å². The van der Waals surface area contributed by atoms with Gasteiger partial charge in [-0.25, -0.2) is 0 Å². The zero-order chi connectivity index (χ0) is 12.3. The normalized spacial score (nSPS) is 13.9. The second-order valence-electron chi connectivity index (χ2n) is 5.73. The Morgan fingerprint density at radius 1 is 1.25 bits per heavy atom. The number of rotatable bonds is 3. The molecule has 0 aliphatic carbocycles. The van der Waals surface area contributed by atoms with Crippen molar-refractivity contribution in [1.82, 2.24) is 0 Å². The Morgan fingerprint density at radius 3 is 2.38 bits per heavy atom. The molecule has 0 bridgehead atoms. The zero-order valence-corrected chi connectivity index (χ0v) is 11.2. The maximum absolute atomic E-state index is 9.02. The topological polar surface area (TPSA) is 20.2 Å². The zero-order valence-electron chi connectivity index (χ0n) is 11.2. The van der Waals surface area contributed by atoms with Gasteiger partial charge >= 0.3 is 0 Å². The molecule has 1 nitrogen and oxygen atoms in total. The summed E-state index contributed by atoms with van der Waals surface area (Å²) in [5.74, 6) is 0.437. The van der Waals surface area contributed by atoms with Crippen molar-refractivity contribution in [3.05, 3.63) is 34.9 Å². The van der Waals surface area contributed by atoms with Crippen molar-refractivity contribution in [3.63, 3.8) is 0 Å². The summed E-state index contributed by atoms with van der Waals surface area (Å²) >= 11 is 0. The van der Waals surface area contributed by atoms with Crippen LogP contribution in [-0.4, -0.2) is 11.7 Å². The first-order chi connectivity index (χ1) is 7.36. The summed E-state index contributed by atoms with van der Waals surface area (Å²) in [6, 6.07) is 6.71. The lowest BCUT2D eigenvalue weighted by molar-refractivity contribution is 0.278. The highest BCUT2D eigenvalue weighted by atomic mass is 16.3. The Bertz CT molecular complexity index is 347. The molecular formula is C15H24O. The molecule has 0 saturated heterocycles. The van der Waals surface area contributed by atoms with E-state index in [0.717, 1.165) is 6.42 Å². The lowest BCUT2D eigenvalue weighted by atomic mass is 9.83. The smallest absolute Gasteiger partial charge is 0.0436 e. The van der Waals surface area contributed by atoms with E-state index in [0.29, 0.717) is 5.92 Å². The molecule has 0 spiro atoms. The van der Waals surface area contributed by atoms with E-state index in [1.807, 2.05) is 0 Å². The van der Waals surface area contributed by atoms with Crippen LogP contribution in [0.1, 0.15) is 56.7 Å². The van der Waals surface area contributed by atoms with Crippen molar-refractivity contribution in [1.29, 1.82) is 0 Å². The number of aliphatic hydroxyl groups is 1. The molecule has 90 valence electrons. The third-order valence-electron chi connectivity index (χ3n) is 3.24. The van der Waals surface area contributed by atoms with Crippen LogP contribution in [0.25, 0.3) is 0 Å². The molecule has 0 heterocycles. The molecule has 1 rings (SSSR count). The summed E-state index contributed by atoms with van der Waals surface area (Å²) in [7, 11) is 0. The first-order valence-corrected chi connectivity index (χ1v) is 6.08. The maximum Gasteiger partial charge on any atom is 0.0436 e. The molecule has 1 aromatic carbocycles. The third-order valence-corrected chi connectivity index (χ3v) is 3.24. The highest BCUT2D eigenvalue weighted by Gasteiger charge is 2.16. The van der Waals surface area contributed by atoms with Gasteiger partial charge in [0.05, 0.1) is 0 Å². The van der Waals surface area contributed by atoms with Crippen LogP contribution in [0.5, 0.6) is 0 Å². The lowest BCUT2D eigenvalue weighted by Crippen LogP contribution is -2.12. The molecule has 1 aromatic rings. The molecule has 0 aliphatic heterocycles. The molecule has 1 unspecified atom stereocenters. The third kappa shape index (κ3) is 3.08. The van der Waals surface area contributed by atoms with Crippen LogP contribution in [0.15, 0.2) is 18.2 Å². The van der Waals surface area contributed by atoms with E-state index >= 15 is 0 Å². The molecule has 0 saturated carbocycles. The van der Waals surface area contributed by atoms with Crippen molar-refractivity contribution >= 4 is 0 Å². The van der Waals surface area contributed by atoms with Crippen LogP contribution < -0.4 is 0 Å². The van der Waals surface area contributed by atoms with Crippen molar-refractivity contribution < 1.29 is 5.11 Å². The van der Waals surface area contributed by atoms with Gasteiger partial charge in [-0.3, -0.25) is 0 Å². The van der Waals surface area contributed by atoms with Gasteiger partial charge in [-0.2, -0.15) is 0 Å². The predicted octanol–water partition coefficient (Wildman–Crippen LogP) is 3.78. The standard InChI is InChI=1S/C15H24O/c1-11-6-7-13(15(3,4)5)10-14(11)12(2)8-9-16/h6-7,10,12,16H,8-9H2,1-5H3. The average molecular weight is 220 g/mol. The summed E-state index contributed by atoms with van der Waals surface area (Å²) < 4.78 is 0. The maximum atomic E-state index is 9.02. The first-order valence-electron chi connectivity index (χ1n) is 6.08. The van der Waals surface area contributed by atoms with Crippen molar-refractivity contribution in [2.24, 2.45) is 0 Å². The van der Waals surface area contributed by atoms with Crippen LogP contribution in [0.3, 0.4) is 0 Å². The van der Waals surface area contributed by atoms with E-state index in [2.05, 4.69) is 52.8 Å². The summed E-state index contributed by atoms with van der Waals surface area (Å²) in [4.78, 5) is 0. The molecular weight excluding hydrogens is 196 g/mol. The summed E-state index contributed by atoms with van der Waals surface area (Å²) in [6.07, 6.45) is 0.842. The average Bonchev–Trinajstić information content (AvgIpc) is 2.16. The largest absolute Gasteiger partial charge is 0.396 e. The molecule has 1 heteroatoms. The van der Waals surface area contributed by atoms with Gasteiger partial charge in [0, 0.05) is 6.61 Å². The van der Waals surface area contributed by atoms with Crippen LogP contribution in [0.2, 0.25) is 0 Å². The molecule has 0 aliphatic rings. The summed E-state index contributed by atoms with van der Waals surface area (Å²) in [5, 5.41) is 9.02. The summed E-state index contributed by atoms with van der Waals surface area (Å²) in [5.41, 5.74) is 4.27. The minimum absolute atomic E-state index is 0.196. The minimum Gasteiger partial charge on any atom is -0.396 e. The van der Waals surface area contributed by atoms with Gasteiger partial charge in [-0.1, -0.05) is 45.9 Å². The van der Waals surface area contributed by atoms with Crippen molar-refractivity contribution in [3.8, 4) is 0 Å². The van der Waals surface area contributed by atoms with Gasteiger partial charge in [0.15, 0.2) is 0 Å². The van der Waals surface area contributed by atoms with E-state index in [1.54, 1.807) is 0 Å². The fourth-order valence-corrected chi connectivity index (χ4v) is 1.99. The number of aryl methyl sites for hydroxylation is 1. The van der Waals surface area contributed by atoms with E-state index in [9.17, 15) is 0 Å². The van der Waals surface area contributed by atoms with E-state index < -0.39 is 0 Å². The van der Waals surface area contributed by atoms with Crippen LogP contribution in [-0.2, 0) is 5.41 Å².